The van der Waals surface area contributed by atoms with Crippen LogP contribution in [0.2, 0.25) is 0 Å². The number of primary amides is 2. The second-order valence-corrected chi connectivity index (χ2v) is 36.1. The van der Waals surface area contributed by atoms with Gasteiger partial charge in [-0.2, -0.15) is 0 Å². The summed E-state index contributed by atoms with van der Waals surface area (Å²) in [5.41, 5.74) is 19.4. The molecule has 0 spiro atoms. The third-order valence-corrected chi connectivity index (χ3v) is 26.4. The smallest absolute Gasteiger partial charge is 0.246 e. The number of carbonyl (C=O) groups is 17. The fourth-order valence-electron chi connectivity index (χ4n) is 16.6. The summed E-state index contributed by atoms with van der Waals surface area (Å²) in [6.45, 7) is 4.96. The number of rotatable bonds is 27. The Hall–Kier alpha value is -13.3. The molecule has 3 saturated heterocycles. The number of hydrogen-bond acceptors (Lipinski definition) is 23. The van der Waals surface area contributed by atoms with Gasteiger partial charge < -0.3 is 120 Å². The van der Waals surface area contributed by atoms with Gasteiger partial charge in [-0.1, -0.05) is 108 Å². The van der Waals surface area contributed by atoms with Crippen LogP contribution in [0.15, 0.2) is 96.9 Å². The van der Waals surface area contributed by atoms with E-state index in [0.717, 1.165) is 36.5 Å². The number of thiophene rings is 1. The molecule has 9 rings (SSSR count). The first kappa shape index (κ1) is 105. The molecule has 0 radical (unpaired) electrons. The van der Waals surface area contributed by atoms with Gasteiger partial charge in [0.2, 0.25) is 100 Å². The highest BCUT2D eigenvalue weighted by molar-refractivity contribution is 8.00. The van der Waals surface area contributed by atoms with Crippen molar-refractivity contribution < 1.29 is 91.7 Å². The van der Waals surface area contributed by atoms with Crippen molar-refractivity contribution in [2.75, 3.05) is 65.4 Å². The van der Waals surface area contributed by atoms with Gasteiger partial charge in [-0.05, 0) is 116 Å². The minimum absolute atomic E-state index is 0.00490. The number of para-hydroxylation sites is 1. The SMILES string of the molecule is CCCC[C@@H]1NC(=O)[C@H](Cc2cnc[nH]2)NC(=O)[C@@H]2CCCN2C(=O)[C@H](CC(N)=O)NC(=O)[C@H](C)N(C)C(=O)[C@H](Cc2ccc(O)cc2)NC(=O)CSCC(C(=O)NCC(N)=O)NC(=O)[C@H](CCCNC(=N)N)NC(=O)[C@H](CCCC)N(C)C(=O)[C@H](CCCC)N(C)C(=O)[C@H](Cc2csc3ccccc23)NC(=O)[C@H](CO)NC(=O)[C@H](Cc2c[nH]c3ccccc23)NC(=O)[C@H]2CCCN2C1=O. The molecule has 3 aliphatic rings. The Kier molecular flexibility index (Phi) is 40.0. The second-order valence-electron chi connectivity index (χ2n) is 34.2. The first-order valence-corrected chi connectivity index (χ1v) is 47.6. The number of phenols is 1. The number of nitrogens with two attached hydrogens (primary N) is 3. The standard InChI is InChI=1S/C91H127N23O19S2/c1-8-11-23-61-88(131)113-36-19-28-70(113)84(127)104-62(39-53-43-98-59-24-16-14-21-57(53)59)80(123)108-67(46-115)82(125)107-65(40-54-47-135-73-30-17-15-22-58(54)73)87(130)112(7)72(27-13-10-3)90(133)111(6)69(26-12-9-2)83(126)102-60(25-18-35-97-91(94)95)79(122)109-68(78(121)99-45-75(93)118)48-134-49-76(119)101-64(38-52-31-33-56(116)34-32-52)86(129)110(5)51(4)77(120)106-66(42-74(92)117)89(132)114-37-20-29-71(114)85(128)105-63(81(124)103-61)41-55-44-96-50-100-55/h14-17,21-22,24,30-34,43-44,47,50-51,60-72,98,115-116H,8-13,18-20,23,25-29,35-42,45-46,48-49H2,1-7H3,(H2,92,117)(H2,93,118)(H,96,100)(H,99,121)(H,101,119)(H,102,126)(H,103,124)(H,104,127)(H,105,128)(H,106,120)(H,107,125)(H,108,123)(H,109,122)(H4,94,95,97)/t51-,60-,61-,62-,63-,64-,65-,66-,67-,68?,69-,70+,71-,72-/m0/s1. The van der Waals surface area contributed by atoms with Crippen LogP contribution in [0.3, 0.4) is 0 Å². The number of likely N-dealkylation sites (N-methyl/N-ethyl adjacent to an activating group) is 3. The maximum absolute atomic E-state index is 15.8. The molecular weight excluding hydrogens is 1780 g/mol. The Labute approximate surface area is 789 Å². The lowest BCUT2D eigenvalue weighted by atomic mass is 10.00. The van der Waals surface area contributed by atoms with Crippen LogP contribution in [0.1, 0.15) is 153 Å². The number of aromatic amines is 2. The maximum Gasteiger partial charge on any atom is 0.246 e. The van der Waals surface area contributed by atoms with Crippen molar-refractivity contribution in [2.45, 2.75) is 241 Å². The molecule has 22 N–H and O–H groups in total. The number of benzene rings is 3. The number of thioether (sulfide) groups is 1. The highest BCUT2D eigenvalue weighted by atomic mass is 32.2. The molecule has 135 heavy (non-hydrogen) atoms. The molecule has 3 aromatic carbocycles. The van der Waals surface area contributed by atoms with Crippen LogP contribution in [0, 0.1) is 5.41 Å². The number of hydrogen-bond donors (Lipinski definition) is 19. The fraction of sp³-hybridized carbons (Fsp3) is 0.527. The summed E-state index contributed by atoms with van der Waals surface area (Å²) in [5, 5.41) is 61.9. The van der Waals surface area contributed by atoms with Gasteiger partial charge >= 0.3 is 0 Å². The number of nitrogens with one attached hydrogen (secondary N) is 14. The van der Waals surface area contributed by atoms with Crippen molar-refractivity contribution in [2.24, 2.45) is 17.2 Å². The molecule has 1 unspecified atom stereocenters. The van der Waals surface area contributed by atoms with Crippen molar-refractivity contribution in [3.8, 4) is 5.75 Å². The van der Waals surface area contributed by atoms with Crippen LogP contribution < -0.4 is 75.7 Å². The molecule has 0 aliphatic carbocycles. The molecule has 3 fully saturated rings. The van der Waals surface area contributed by atoms with Gasteiger partial charge in [-0.3, -0.25) is 86.9 Å². The van der Waals surface area contributed by atoms with E-state index in [1.54, 1.807) is 41.9 Å². The van der Waals surface area contributed by atoms with Crippen LogP contribution in [0.25, 0.3) is 21.0 Å². The molecule has 6 aromatic rings. The van der Waals surface area contributed by atoms with Gasteiger partial charge in [-0.15, -0.1) is 23.1 Å². The quantitative estimate of drug-likeness (QED) is 0.0167. The predicted octanol–water partition coefficient (Wildman–Crippen LogP) is -1.02. The number of aliphatic hydroxyl groups excluding tert-OH is 1. The van der Waals surface area contributed by atoms with Crippen molar-refractivity contribution >= 4 is 150 Å². The van der Waals surface area contributed by atoms with Crippen molar-refractivity contribution in [3.63, 3.8) is 0 Å². The number of amides is 17. The number of carbonyl (C=O) groups excluding carboxylic acids is 17. The van der Waals surface area contributed by atoms with Gasteiger partial charge in [-0.25, -0.2) is 4.98 Å². The number of H-pyrrole nitrogens is 2. The number of imidazole rings is 1. The van der Waals surface area contributed by atoms with Gasteiger partial charge in [0, 0.05) is 106 Å². The number of aliphatic hydroxyl groups is 1. The highest BCUT2D eigenvalue weighted by Gasteiger charge is 2.46. The normalized spacial score (nSPS) is 24.2. The number of fused-ring (bicyclic) bond motifs is 4. The first-order valence-electron chi connectivity index (χ1n) is 45.5. The Balaban J connectivity index is 1.10. The fourth-order valence-corrected chi connectivity index (χ4v) is 18.5. The van der Waals surface area contributed by atoms with Crippen LogP contribution in [-0.4, -0.2) is 306 Å². The number of unbranched alkanes of at least 4 members (excludes halogenated alkanes) is 3. The van der Waals surface area contributed by atoms with Gasteiger partial charge in [0.15, 0.2) is 5.96 Å². The van der Waals surface area contributed by atoms with E-state index in [1.165, 1.54) is 86.0 Å². The van der Waals surface area contributed by atoms with Crippen LogP contribution in [0.5, 0.6) is 5.75 Å². The summed E-state index contributed by atoms with van der Waals surface area (Å²) < 4.78 is 0.826. The van der Waals surface area contributed by atoms with E-state index in [-0.39, 0.29) is 109 Å². The lowest BCUT2D eigenvalue weighted by molar-refractivity contribution is -0.149. The minimum atomic E-state index is -1.84. The third-order valence-electron chi connectivity index (χ3n) is 24.3. The Morgan fingerprint density at radius 3 is 1.67 bits per heavy atom. The van der Waals surface area contributed by atoms with E-state index in [0.29, 0.717) is 71.8 Å². The monoisotopic (exact) mass is 1910 g/mol. The van der Waals surface area contributed by atoms with Crippen molar-refractivity contribution in [1.29, 1.82) is 5.41 Å². The molecule has 6 heterocycles. The zero-order chi connectivity index (χ0) is 98.3. The lowest BCUT2D eigenvalue weighted by Crippen LogP contribution is -2.61. The summed E-state index contributed by atoms with van der Waals surface area (Å²) >= 11 is 2.13. The Morgan fingerprint density at radius 1 is 0.519 bits per heavy atom. The van der Waals surface area contributed by atoms with Crippen molar-refractivity contribution in [1.82, 2.24) is 97.9 Å². The summed E-state index contributed by atoms with van der Waals surface area (Å²) in [6.07, 6.45) is 5.65. The number of phenolic OH excluding ortho intramolecular Hbond substituents is 1. The zero-order valence-corrected chi connectivity index (χ0v) is 78.6. The second kappa shape index (κ2) is 51.3. The summed E-state index contributed by atoms with van der Waals surface area (Å²) in [7, 11) is 3.95. The molecule has 44 heteroatoms. The minimum Gasteiger partial charge on any atom is -0.508 e. The highest BCUT2D eigenvalue weighted by Crippen LogP contribution is 2.30. The molecule has 732 valence electrons. The van der Waals surface area contributed by atoms with E-state index < -0.39 is 222 Å². The molecule has 17 amide bonds. The number of aromatic hydroxyl groups is 1. The Morgan fingerprint density at radius 2 is 1.05 bits per heavy atom. The average Bonchev–Trinajstić information content (AvgIpc) is 1.69. The molecule has 0 bridgehead atoms. The molecule has 42 nitrogen and oxygen atoms in total. The summed E-state index contributed by atoms with van der Waals surface area (Å²) in [4.78, 5) is 266. The lowest BCUT2D eigenvalue weighted by Gasteiger charge is -2.36. The topological polar surface area (TPSA) is 626 Å². The van der Waals surface area contributed by atoms with E-state index >= 15 is 38.4 Å². The van der Waals surface area contributed by atoms with E-state index in [4.69, 9.17) is 22.6 Å². The average molecular weight is 1910 g/mol. The third kappa shape index (κ3) is 29.6. The van der Waals surface area contributed by atoms with Gasteiger partial charge in [0.1, 0.15) is 90.3 Å². The summed E-state index contributed by atoms with van der Waals surface area (Å²) in [6, 6.07) is -1.02. The van der Waals surface area contributed by atoms with Crippen LogP contribution in [-0.2, 0) is 107 Å². The van der Waals surface area contributed by atoms with E-state index in [1.807, 2.05) is 39.0 Å². The Bertz CT molecular complexity index is 5190. The number of aromatic nitrogens is 3. The van der Waals surface area contributed by atoms with E-state index in [9.17, 15) is 53.4 Å². The summed E-state index contributed by atoms with van der Waals surface area (Å²) in [5.74, 6) is -16.9. The first-order chi connectivity index (χ1) is 64.5. The van der Waals surface area contributed by atoms with Crippen LogP contribution in [0.4, 0.5) is 0 Å². The van der Waals surface area contributed by atoms with Crippen LogP contribution >= 0.6 is 23.1 Å². The molecule has 3 aromatic heterocycles. The maximum atomic E-state index is 15.8. The van der Waals surface area contributed by atoms with Gasteiger partial charge in [0.05, 0.1) is 31.7 Å². The number of guanidine groups is 1. The largest absolute Gasteiger partial charge is 0.508 e. The predicted molar refractivity (Wildman–Crippen MR) is 502 cm³/mol. The molecule has 14 atom stereocenters. The van der Waals surface area contributed by atoms with E-state index in [2.05, 4.69) is 73.4 Å². The zero-order valence-electron chi connectivity index (χ0n) is 77.0. The van der Waals surface area contributed by atoms with Crippen molar-refractivity contribution in [3.05, 3.63) is 119 Å². The molecule has 0 saturated carbocycles. The number of nitrogens with zero attached hydrogens (tertiary/aromatic N) is 6. The molecular formula is C91H127N23O19S2. The molecule has 3 aliphatic heterocycles. The van der Waals surface area contributed by atoms with Gasteiger partial charge in [0.25, 0.3) is 0 Å².